The maximum atomic E-state index is 12.2. The van der Waals surface area contributed by atoms with E-state index in [1.165, 1.54) is 0 Å². The van der Waals surface area contributed by atoms with E-state index < -0.39 is 0 Å². The molecule has 0 heterocycles. The summed E-state index contributed by atoms with van der Waals surface area (Å²) in [5.41, 5.74) is -0.651. The van der Waals surface area contributed by atoms with Crippen molar-refractivity contribution in [2.75, 3.05) is 13.2 Å². The second kappa shape index (κ2) is 6.02. The molecule has 2 fully saturated rings. The zero-order valence-electron chi connectivity index (χ0n) is 12.5. The van der Waals surface area contributed by atoms with E-state index >= 15 is 0 Å². The van der Waals surface area contributed by atoms with Gasteiger partial charge < -0.3 is 14.8 Å². The Morgan fingerprint density at radius 3 is 2.60 bits per heavy atom. The first-order chi connectivity index (χ1) is 9.56. The van der Waals surface area contributed by atoms with Crippen LogP contribution in [-0.4, -0.2) is 30.8 Å². The fraction of sp³-hybridized carbons (Fsp3) is 0.867. The highest BCUT2D eigenvalue weighted by Crippen LogP contribution is 2.54. The molecule has 20 heavy (non-hydrogen) atoms. The molecular formula is C15H25NO4. The van der Waals surface area contributed by atoms with Gasteiger partial charge in [0.05, 0.1) is 18.6 Å². The van der Waals surface area contributed by atoms with Crippen molar-refractivity contribution < 1.29 is 19.1 Å². The fourth-order valence-corrected chi connectivity index (χ4v) is 3.67. The highest BCUT2D eigenvalue weighted by molar-refractivity contribution is 5.78. The predicted octanol–water partition coefficient (Wildman–Crippen LogP) is 2.78. The van der Waals surface area contributed by atoms with Crippen molar-refractivity contribution in [3.8, 4) is 0 Å². The molecule has 114 valence electrons. The van der Waals surface area contributed by atoms with E-state index in [9.17, 15) is 9.59 Å². The fourth-order valence-electron chi connectivity index (χ4n) is 3.67. The van der Waals surface area contributed by atoms with E-state index in [2.05, 4.69) is 5.32 Å². The monoisotopic (exact) mass is 283 g/mol. The Labute approximate surface area is 120 Å². The Morgan fingerprint density at radius 2 is 1.90 bits per heavy atom. The van der Waals surface area contributed by atoms with Crippen LogP contribution in [-0.2, 0) is 14.3 Å². The lowest BCUT2D eigenvalue weighted by atomic mass is 9.73. The van der Waals surface area contributed by atoms with E-state index in [4.69, 9.17) is 9.47 Å². The number of hydrogen-bond acceptors (Lipinski definition) is 4. The summed E-state index contributed by atoms with van der Waals surface area (Å²) in [7, 11) is 0. The molecule has 2 rings (SSSR count). The molecular weight excluding hydrogens is 258 g/mol. The number of alkyl carbamates (subject to hydrolysis) is 1. The first-order valence-electron chi connectivity index (χ1n) is 7.68. The maximum Gasteiger partial charge on any atom is 0.407 e. The first kappa shape index (κ1) is 15.1. The van der Waals surface area contributed by atoms with Crippen LogP contribution in [0.1, 0.15) is 58.8 Å². The van der Waals surface area contributed by atoms with Crippen LogP contribution in [0.25, 0.3) is 0 Å². The molecule has 0 aromatic rings. The molecule has 2 bridgehead atoms. The van der Waals surface area contributed by atoms with Crippen molar-refractivity contribution in [2.45, 2.75) is 64.3 Å². The maximum absolute atomic E-state index is 12.2. The molecule has 0 aromatic carbocycles. The van der Waals surface area contributed by atoms with Crippen LogP contribution < -0.4 is 5.32 Å². The number of carbonyl (C=O) groups is 2. The zero-order chi connectivity index (χ0) is 14.6. The number of hydrogen-bond donors (Lipinski definition) is 1. The topological polar surface area (TPSA) is 64.6 Å². The molecule has 1 N–H and O–H groups in total. The van der Waals surface area contributed by atoms with Crippen LogP contribution >= 0.6 is 0 Å². The van der Waals surface area contributed by atoms with Crippen LogP contribution in [0.3, 0.4) is 0 Å². The predicted molar refractivity (Wildman–Crippen MR) is 74.3 cm³/mol. The largest absolute Gasteiger partial charge is 0.466 e. The van der Waals surface area contributed by atoms with Crippen LogP contribution in [0.15, 0.2) is 0 Å². The van der Waals surface area contributed by atoms with Gasteiger partial charge in [-0.2, -0.15) is 0 Å². The third-order valence-electron chi connectivity index (χ3n) is 4.58. The van der Waals surface area contributed by atoms with Crippen molar-refractivity contribution >= 4 is 12.1 Å². The third-order valence-corrected chi connectivity index (χ3v) is 4.58. The Morgan fingerprint density at radius 1 is 1.10 bits per heavy atom. The van der Waals surface area contributed by atoms with E-state index in [1.807, 2.05) is 13.8 Å². The smallest absolute Gasteiger partial charge is 0.407 e. The van der Waals surface area contributed by atoms with Gasteiger partial charge in [-0.05, 0) is 51.9 Å². The van der Waals surface area contributed by atoms with Crippen LogP contribution in [0.2, 0.25) is 0 Å². The molecule has 5 nitrogen and oxygen atoms in total. The lowest BCUT2D eigenvalue weighted by Crippen LogP contribution is -2.50. The van der Waals surface area contributed by atoms with E-state index in [0.29, 0.717) is 19.6 Å². The summed E-state index contributed by atoms with van der Waals surface area (Å²) in [6, 6.07) is 0. The van der Waals surface area contributed by atoms with Crippen LogP contribution in [0.5, 0.6) is 0 Å². The molecule has 2 unspecified atom stereocenters. The summed E-state index contributed by atoms with van der Waals surface area (Å²) in [6.45, 7) is 4.65. The molecule has 0 radical (unpaired) electrons. The molecule has 2 aliphatic rings. The van der Waals surface area contributed by atoms with Gasteiger partial charge in [-0.25, -0.2) is 4.79 Å². The summed E-state index contributed by atoms with van der Waals surface area (Å²) in [6.07, 6.45) is 5.55. The minimum atomic E-state index is -0.383. The highest BCUT2D eigenvalue weighted by Gasteiger charge is 2.56. The average Bonchev–Trinajstić information content (AvgIpc) is 2.69. The van der Waals surface area contributed by atoms with E-state index in [1.54, 1.807) is 0 Å². The van der Waals surface area contributed by atoms with Crippen molar-refractivity contribution in [1.29, 1.82) is 0 Å². The molecule has 0 saturated heterocycles. The van der Waals surface area contributed by atoms with Gasteiger partial charge in [-0.3, -0.25) is 4.79 Å². The molecule has 0 aromatic heterocycles. The third kappa shape index (κ3) is 2.91. The van der Waals surface area contributed by atoms with Crippen LogP contribution in [0, 0.1) is 5.41 Å². The number of amides is 1. The quantitative estimate of drug-likeness (QED) is 0.788. The lowest BCUT2D eigenvalue weighted by molar-refractivity contribution is -0.156. The molecule has 5 heteroatoms. The van der Waals surface area contributed by atoms with Gasteiger partial charge in [0.15, 0.2) is 0 Å². The first-order valence-corrected chi connectivity index (χ1v) is 7.68. The van der Waals surface area contributed by atoms with Crippen molar-refractivity contribution in [3.63, 3.8) is 0 Å². The summed E-state index contributed by atoms with van der Waals surface area (Å²) in [4.78, 5) is 24.0. The second-order valence-corrected chi connectivity index (χ2v) is 6.07. The Hall–Kier alpha value is -1.26. The molecule has 1 amide bonds. The number of rotatable bonds is 5. The number of fused-ring (bicyclic) bond motifs is 2. The lowest BCUT2D eigenvalue weighted by Gasteiger charge is -2.38. The number of ether oxygens (including phenoxy) is 2. The number of nitrogens with one attached hydrogen (secondary N) is 1. The molecule has 0 spiro atoms. The van der Waals surface area contributed by atoms with Gasteiger partial charge in [-0.1, -0.05) is 6.92 Å². The van der Waals surface area contributed by atoms with Gasteiger partial charge in [-0.15, -0.1) is 0 Å². The minimum Gasteiger partial charge on any atom is -0.466 e. The summed E-state index contributed by atoms with van der Waals surface area (Å²) < 4.78 is 10.3. The van der Waals surface area contributed by atoms with Gasteiger partial charge in [0, 0.05) is 5.54 Å². The summed E-state index contributed by atoms with van der Waals surface area (Å²) in [5.74, 6) is -0.0923. The SMILES string of the molecule is CCCOC(=O)NC12CCCC(C(=O)OCC)(CC1)C2. The average molecular weight is 283 g/mol. The summed E-state index contributed by atoms with van der Waals surface area (Å²) >= 11 is 0. The van der Waals surface area contributed by atoms with Crippen molar-refractivity contribution in [3.05, 3.63) is 0 Å². The standard InChI is InChI=1S/C15H25NO4/c1-3-10-20-13(18)16-15-7-5-6-14(11-15,8-9-15)12(17)19-4-2/h3-11H2,1-2H3,(H,16,18). The van der Waals surface area contributed by atoms with Crippen molar-refractivity contribution in [2.24, 2.45) is 5.41 Å². The Bertz CT molecular complexity index is 384. The molecule has 2 saturated carbocycles. The van der Waals surface area contributed by atoms with E-state index in [0.717, 1.165) is 38.5 Å². The molecule has 0 aliphatic heterocycles. The highest BCUT2D eigenvalue weighted by atomic mass is 16.5. The Balaban J connectivity index is 2.00. The summed E-state index contributed by atoms with van der Waals surface area (Å²) in [5, 5.41) is 3.01. The normalized spacial score (nSPS) is 31.7. The van der Waals surface area contributed by atoms with Crippen molar-refractivity contribution in [1.82, 2.24) is 5.32 Å². The minimum absolute atomic E-state index is 0.0923. The molecule has 2 aliphatic carbocycles. The van der Waals surface area contributed by atoms with Gasteiger partial charge in [0.25, 0.3) is 0 Å². The van der Waals surface area contributed by atoms with Gasteiger partial charge >= 0.3 is 12.1 Å². The van der Waals surface area contributed by atoms with Gasteiger partial charge in [0.1, 0.15) is 0 Å². The van der Waals surface area contributed by atoms with E-state index in [-0.39, 0.29) is 23.0 Å². The number of carbonyl (C=O) groups excluding carboxylic acids is 2. The van der Waals surface area contributed by atoms with Gasteiger partial charge in [0.2, 0.25) is 0 Å². The Kier molecular flexibility index (Phi) is 4.55. The van der Waals surface area contributed by atoms with Crippen LogP contribution in [0.4, 0.5) is 4.79 Å². The molecule has 2 atom stereocenters. The second-order valence-electron chi connectivity index (χ2n) is 6.07. The zero-order valence-corrected chi connectivity index (χ0v) is 12.5. The number of esters is 1.